The normalized spacial score (nSPS) is 25.7. The smallest absolute Gasteiger partial charge is 0.182 e. The van der Waals surface area contributed by atoms with E-state index in [1.54, 1.807) is 0 Å². The molecule has 0 radical (unpaired) electrons. The van der Waals surface area contributed by atoms with Crippen LogP contribution < -0.4 is 0 Å². The molecule has 29 heavy (non-hydrogen) atoms. The largest absolute Gasteiger partial charge is 0.366 e. The second-order valence-corrected chi connectivity index (χ2v) is 7.91. The van der Waals surface area contributed by atoms with Crippen molar-refractivity contribution in [2.24, 2.45) is 0 Å². The van der Waals surface area contributed by atoms with E-state index in [1.165, 1.54) is 0 Å². The highest BCUT2D eigenvalue weighted by Gasteiger charge is 2.52. The van der Waals surface area contributed by atoms with E-state index in [1.807, 2.05) is 73.1 Å². The molecule has 0 saturated carbocycles. The summed E-state index contributed by atoms with van der Waals surface area (Å²) >= 11 is 0. The Bertz CT molecular complexity index is 1220. The van der Waals surface area contributed by atoms with Gasteiger partial charge in [0.1, 0.15) is 29.5 Å². The van der Waals surface area contributed by atoms with Crippen LogP contribution in [0.25, 0.3) is 27.9 Å². The molecule has 0 bridgehead atoms. The molecule has 2 fully saturated rings. The van der Waals surface area contributed by atoms with Crippen LogP contribution in [0.3, 0.4) is 0 Å². The number of rotatable bonds is 2. The summed E-state index contributed by atoms with van der Waals surface area (Å²) in [5.41, 5.74) is 4.74. The quantitative estimate of drug-likeness (QED) is 0.523. The van der Waals surface area contributed by atoms with Gasteiger partial charge in [0.2, 0.25) is 0 Å². The number of para-hydroxylation sites is 3. The summed E-state index contributed by atoms with van der Waals surface area (Å²) in [4.78, 5) is 9.77. The van der Waals surface area contributed by atoms with Crippen LogP contribution >= 0.6 is 0 Å². The predicted molar refractivity (Wildman–Crippen MR) is 107 cm³/mol. The van der Waals surface area contributed by atoms with Gasteiger partial charge in [-0.25, -0.2) is 14.6 Å². The second kappa shape index (κ2) is 6.06. The fourth-order valence-corrected chi connectivity index (χ4v) is 4.23. The molecule has 0 amide bonds. The molecule has 0 unspecified atom stereocenters. The summed E-state index contributed by atoms with van der Waals surface area (Å²) < 4.78 is 20.0. The van der Waals surface area contributed by atoms with Gasteiger partial charge in [-0.15, -0.1) is 0 Å². The first-order valence-corrected chi connectivity index (χ1v) is 9.77. The maximum Gasteiger partial charge on any atom is 0.182 e. The lowest BCUT2D eigenvalue weighted by molar-refractivity contribution is -0.175. The Balaban J connectivity index is 1.57. The summed E-state index contributed by atoms with van der Waals surface area (Å²) in [7, 11) is 0. The van der Waals surface area contributed by atoms with E-state index in [-0.39, 0.29) is 18.3 Å². The Hall–Kier alpha value is -2.87. The molecular weight excluding hydrogens is 368 g/mol. The zero-order chi connectivity index (χ0) is 19.6. The average molecular weight is 388 g/mol. The lowest BCUT2D eigenvalue weighted by Gasteiger charge is -2.20. The highest BCUT2D eigenvalue weighted by atomic mass is 16.8. The van der Waals surface area contributed by atoms with Crippen molar-refractivity contribution in [2.75, 3.05) is 6.61 Å². The van der Waals surface area contributed by atoms with Crippen molar-refractivity contribution in [3.8, 4) is 5.69 Å². The van der Waals surface area contributed by atoms with Gasteiger partial charge < -0.3 is 14.2 Å². The summed E-state index contributed by atoms with van der Waals surface area (Å²) in [6.45, 7) is 4.33. The molecule has 7 nitrogen and oxygen atoms in total. The van der Waals surface area contributed by atoms with Crippen LogP contribution in [0.15, 0.2) is 54.6 Å². The highest BCUT2D eigenvalue weighted by molar-refractivity contribution is 5.86. The van der Waals surface area contributed by atoms with Crippen molar-refractivity contribution in [1.82, 2.24) is 19.7 Å². The van der Waals surface area contributed by atoms with E-state index < -0.39 is 5.79 Å². The maximum absolute atomic E-state index is 6.15. The molecule has 146 valence electrons. The Morgan fingerprint density at radius 1 is 0.931 bits per heavy atom. The van der Waals surface area contributed by atoms with Crippen molar-refractivity contribution in [1.29, 1.82) is 0 Å². The fourth-order valence-electron chi connectivity index (χ4n) is 4.23. The van der Waals surface area contributed by atoms with E-state index in [0.717, 1.165) is 27.9 Å². The summed E-state index contributed by atoms with van der Waals surface area (Å²) in [5, 5.41) is 4.90. The topological polar surface area (TPSA) is 71.3 Å². The second-order valence-electron chi connectivity index (χ2n) is 7.91. The van der Waals surface area contributed by atoms with Gasteiger partial charge in [0.15, 0.2) is 11.4 Å². The Morgan fingerprint density at radius 2 is 1.66 bits per heavy atom. The van der Waals surface area contributed by atoms with Crippen LogP contribution in [-0.2, 0) is 14.2 Å². The van der Waals surface area contributed by atoms with Gasteiger partial charge in [0.05, 0.1) is 23.3 Å². The number of hydrogen-bond acceptors (Lipinski definition) is 6. The molecule has 3 atom stereocenters. The first-order chi connectivity index (χ1) is 14.1. The summed E-state index contributed by atoms with van der Waals surface area (Å²) in [6.07, 6.45) is -0.689. The van der Waals surface area contributed by atoms with Crippen molar-refractivity contribution < 1.29 is 14.2 Å². The predicted octanol–water partition coefficient (Wildman–Crippen LogP) is 3.56. The van der Waals surface area contributed by atoms with Crippen LogP contribution in [0.1, 0.15) is 25.6 Å². The average Bonchev–Trinajstić information content (AvgIpc) is 3.36. The summed E-state index contributed by atoms with van der Waals surface area (Å²) in [6, 6.07) is 17.8. The minimum Gasteiger partial charge on any atom is -0.366 e. The van der Waals surface area contributed by atoms with E-state index in [0.29, 0.717) is 12.3 Å². The number of ether oxygens (including phenoxy) is 3. The molecule has 2 saturated heterocycles. The molecule has 2 aliphatic rings. The number of nitrogens with zero attached hydrogens (tertiary/aromatic N) is 4. The zero-order valence-corrected chi connectivity index (χ0v) is 16.1. The summed E-state index contributed by atoms with van der Waals surface area (Å²) in [5.74, 6) is -0.631. The lowest BCUT2D eigenvalue weighted by atomic mass is 10.1. The van der Waals surface area contributed by atoms with Crippen LogP contribution in [0.2, 0.25) is 0 Å². The van der Waals surface area contributed by atoms with Crippen molar-refractivity contribution in [3.63, 3.8) is 0 Å². The number of aromatic nitrogens is 4. The first kappa shape index (κ1) is 17.0. The number of fused-ring (bicyclic) bond motifs is 3. The lowest BCUT2D eigenvalue weighted by Crippen LogP contribution is -2.25. The van der Waals surface area contributed by atoms with Gasteiger partial charge in [-0.3, -0.25) is 0 Å². The van der Waals surface area contributed by atoms with Crippen LogP contribution in [0.4, 0.5) is 0 Å². The van der Waals surface area contributed by atoms with Gasteiger partial charge in [-0.2, -0.15) is 5.10 Å². The number of hydrogen-bond donors (Lipinski definition) is 0. The van der Waals surface area contributed by atoms with Crippen LogP contribution in [-0.4, -0.2) is 44.4 Å². The van der Waals surface area contributed by atoms with Gasteiger partial charge in [-0.1, -0.05) is 30.3 Å². The van der Waals surface area contributed by atoms with E-state index in [4.69, 9.17) is 29.3 Å². The molecule has 2 aromatic carbocycles. The SMILES string of the molecule is CC1(C)O[C@@H]2[C@@H](CO[C@H]2c2nn(-c3ccccc3)c3nc4ccccc4nc23)O1. The minimum atomic E-state index is -0.631. The standard InChI is InChI=1S/C22H20N4O3/c1-22(2)28-16-12-27-20(19(16)29-22)17-18-21(24-15-11-7-6-10-14(15)23-18)26(25-17)13-8-4-3-5-9-13/h3-11,16,19-20H,12H2,1-2H3/t16-,19-,20+/m1/s1. The molecule has 2 aromatic heterocycles. The Labute approximate surface area is 167 Å². The molecule has 2 aliphatic heterocycles. The highest BCUT2D eigenvalue weighted by Crippen LogP contribution is 2.43. The minimum absolute atomic E-state index is 0.111. The van der Waals surface area contributed by atoms with Gasteiger partial charge >= 0.3 is 0 Å². The monoisotopic (exact) mass is 388 g/mol. The molecule has 4 heterocycles. The zero-order valence-electron chi connectivity index (χ0n) is 16.1. The molecule has 4 aromatic rings. The number of benzene rings is 2. The Kier molecular flexibility index (Phi) is 3.56. The van der Waals surface area contributed by atoms with Crippen molar-refractivity contribution in [2.45, 2.75) is 37.9 Å². The molecule has 0 aliphatic carbocycles. The Morgan fingerprint density at radius 3 is 2.45 bits per heavy atom. The van der Waals surface area contributed by atoms with E-state index >= 15 is 0 Å². The van der Waals surface area contributed by atoms with E-state index in [2.05, 4.69) is 0 Å². The third-order valence-corrected chi connectivity index (χ3v) is 5.43. The van der Waals surface area contributed by atoms with Gasteiger partial charge in [0.25, 0.3) is 0 Å². The van der Waals surface area contributed by atoms with Gasteiger partial charge in [0, 0.05) is 0 Å². The third-order valence-electron chi connectivity index (χ3n) is 5.43. The van der Waals surface area contributed by atoms with Crippen molar-refractivity contribution >= 4 is 22.2 Å². The molecule has 0 spiro atoms. The van der Waals surface area contributed by atoms with E-state index in [9.17, 15) is 0 Å². The molecule has 7 heteroatoms. The fraction of sp³-hybridized carbons (Fsp3) is 0.318. The molecule has 0 N–H and O–H groups in total. The molecule has 6 rings (SSSR count). The van der Waals surface area contributed by atoms with Crippen molar-refractivity contribution in [3.05, 3.63) is 60.3 Å². The van der Waals surface area contributed by atoms with Crippen LogP contribution in [0.5, 0.6) is 0 Å². The van der Waals surface area contributed by atoms with Gasteiger partial charge in [-0.05, 0) is 38.1 Å². The third kappa shape index (κ3) is 2.66. The maximum atomic E-state index is 6.15. The van der Waals surface area contributed by atoms with Crippen LogP contribution in [0, 0.1) is 0 Å². The molecular formula is C22H20N4O3. The first-order valence-electron chi connectivity index (χ1n) is 9.77.